The Morgan fingerprint density at radius 2 is 1.93 bits per heavy atom. The van der Waals surface area contributed by atoms with Crippen LogP contribution in [0, 0.1) is 0 Å². The Kier molecular flexibility index (Phi) is 6.47. The highest BCUT2D eigenvalue weighted by Crippen LogP contribution is 2.14. The topological polar surface area (TPSA) is 74.8 Å². The fraction of sp³-hybridized carbons (Fsp3) is 0.381. The van der Waals surface area contributed by atoms with Crippen LogP contribution in [0.5, 0.6) is 5.75 Å². The number of methoxy groups -OCH3 is 1. The number of carbonyl (C=O) groups is 2. The van der Waals surface area contributed by atoms with E-state index in [0.717, 1.165) is 24.5 Å². The number of amides is 2. The maximum absolute atomic E-state index is 12.7. The van der Waals surface area contributed by atoms with Gasteiger partial charge in [-0.1, -0.05) is 18.2 Å². The van der Waals surface area contributed by atoms with Crippen LogP contribution in [0.3, 0.4) is 0 Å². The molecule has 1 saturated heterocycles. The van der Waals surface area contributed by atoms with Crippen molar-refractivity contribution in [3.05, 3.63) is 54.2 Å². The average molecular weight is 382 g/mol. The van der Waals surface area contributed by atoms with Crippen LogP contribution in [0.2, 0.25) is 0 Å². The molecule has 1 N–H and O–H groups in total. The van der Waals surface area contributed by atoms with Crippen molar-refractivity contribution in [3.63, 3.8) is 0 Å². The fourth-order valence-corrected chi connectivity index (χ4v) is 3.29. The second-order valence-electron chi connectivity index (χ2n) is 6.82. The highest BCUT2D eigenvalue weighted by Gasteiger charge is 2.26. The summed E-state index contributed by atoms with van der Waals surface area (Å²) in [6.45, 7) is 4.42. The normalized spacial score (nSPS) is 15.1. The van der Waals surface area contributed by atoms with Crippen molar-refractivity contribution < 1.29 is 14.3 Å². The molecule has 1 aliphatic heterocycles. The molecule has 1 aromatic carbocycles. The molecule has 1 aromatic heterocycles. The van der Waals surface area contributed by atoms with Gasteiger partial charge in [0.1, 0.15) is 17.6 Å². The summed E-state index contributed by atoms with van der Waals surface area (Å²) in [5.41, 5.74) is 0.848. The summed E-state index contributed by atoms with van der Waals surface area (Å²) in [6, 6.07) is 12.6. The third-order valence-electron chi connectivity index (χ3n) is 4.81. The number of hydrogen-bond acceptors (Lipinski definition) is 5. The van der Waals surface area contributed by atoms with E-state index in [1.807, 2.05) is 42.5 Å². The molecular formula is C21H26N4O3. The van der Waals surface area contributed by atoms with Gasteiger partial charge >= 0.3 is 0 Å². The van der Waals surface area contributed by atoms with E-state index in [0.29, 0.717) is 18.8 Å². The van der Waals surface area contributed by atoms with E-state index >= 15 is 0 Å². The summed E-state index contributed by atoms with van der Waals surface area (Å²) in [4.78, 5) is 33.3. The summed E-state index contributed by atoms with van der Waals surface area (Å²) >= 11 is 0. The van der Waals surface area contributed by atoms with E-state index in [1.54, 1.807) is 25.1 Å². The maximum atomic E-state index is 12.7. The molecule has 2 aromatic rings. The Bertz CT molecular complexity index is 804. The largest absolute Gasteiger partial charge is 0.497 e. The first kappa shape index (κ1) is 19.7. The zero-order valence-electron chi connectivity index (χ0n) is 16.3. The highest BCUT2D eigenvalue weighted by molar-refractivity contribution is 5.88. The van der Waals surface area contributed by atoms with Crippen LogP contribution in [0.25, 0.3) is 0 Å². The Morgan fingerprint density at radius 1 is 1.14 bits per heavy atom. The zero-order chi connectivity index (χ0) is 19.9. The number of anilines is 1. The Balaban J connectivity index is 1.48. The zero-order valence-corrected chi connectivity index (χ0v) is 16.3. The lowest BCUT2D eigenvalue weighted by Crippen LogP contribution is -2.54. The Hall–Kier alpha value is -3.09. The van der Waals surface area contributed by atoms with Gasteiger partial charge in [-0.05, 0) is 36.8 Å². The van der Waals surface area contributed by atoms with E-state index in [4.69, 9.17) is 4.74 Å². The highest BCUT2D eigenvalue weighted by atomic mass is 16.5. The number of carbonyl (C=O) groups excluding carboxylic acids is 2. The van der Waals surface area contributed by atoms with Crippen molar-refractivity contribution in [2.45, 2.75) is 19.4 Å². The lowest BCUT2D eigenvalue weighted by molar-refractivity contribution is -0.136. The number of benzene rings is 1. The van der Waals surface area contributed by atoms with Crippen LogP contribution in [-0.4, -0.2) is 61.0 Å². The smallest absolute Gasteiger partial charge is 0.244 e. The lowest BCUT2D eigenvalue weighted by Gasteiger charge is -2.36. The van der Waals surface area contributed by atoms with Gasteiger partial charge in [-0.15, -0.1) is 0 Å². The third-order valence-corrected chi connectivity index (χ3v) is 4.81. The molecule has 7 nitrogen and oxygen atoms in total. The molecule has 2 heterocycles. The molecule has 1 atom stereocenters. The molecule has 2 amide bonds. The number of piperazine rings is 1. The van der Waals surface area contributed by atoms with Gasteiger partial charge in [0.25, 0.3) is 0 Å². The summed E-state index contributed by atoms with van der Waals surface area (Å²) in [5.74, 6) is 1.40. The second kappa shape index (κ2) is 9.21. The fourth-order valence-electron chi connectivity index (χ4n) is 3.29. The minimum atomic E-state index is -0.556. The van der Waals surface area contributed by atoms with Crippen LogP contribution in [0.1, 0.15) is 12.5 Å². The van der Waals surface area contributed by atoms with Crippen molar-refractivity contribution in [1.29, 1.82) is 0 Å². The van der Waals surface area contributed by atoms with Gasteiger partial charge in [-0.25, -0.2) is 4.98 Å². The van der Waals surface area contributed by atoms with E-state index in [-0.39, 0.29) is 18.2 Å². The first-order valence-corrected chi connectivity index (χ1v) is 9.44. The predicted molar refractivity (Wildman–Crippen MR) is 107 cm³/mol. The molecule has 0 spiro atoms. The van der Waals surface area contributed by atoms with E-state index in [9.17, 15) is 9.59 Å². The Morgan fingerprint density at radius 3 is 2.61 bits per heavy atom. The van der Waals surface area contributed by atoms with Crippen molar-refractivity contribution in [2.24, 2.45) is 0 Å². The molecule has 0 bridgehead atoms. The van der Waals surface area contributed by atoms with Crippen LogP contribution in [0.4, 0.5) is 5.82 Å². The molecule has 0 aliphatic carbocycles. The van der Waals surface area contributed by atoms with Gasteiger partial charge in [-0.3, -0.25) is 9.59 Å². The van der Waals surface area contributed by atoms with Gasteiger partial charge in [0.15, 0.2) is 0 Å². The van der Waals surface area contributed by atoms with Crippen LogP contribution in [-0.2, 0) is 16.0 Å². The first-order valence-electron chi connectivity index (χ1n) is 9.44. The number of aromatic nitrogens is 1. The first-order chi connectivity index (χ1) is 13.6. The van der Waals surface area contributed by atoms with Crippen molar-refractivity contribution >= 4 is 17.6 Å². The monoisotopic (exact) mass is 382 g/mol. The van der Waals surface area contributed by atoms with E-state index < -0.39 is 6.04 Å². The van der Waals surface area contributed by atoms with Crippen LogP contribution >= 0.6 is 0 Å². The van der Waals surface area contributed by atoms with Gasteiger partial charge in [0, 0.05) is 32.4 Å². The number of nitrogens with one attached hydrogen (secondary N) is 1. The summed E-state index contributed by atoms with van der Waals surface area (Å²) in [5, 5.41) is 2.81. The van der Waals surface area contributed by atoms with Gasteiger partial charge in [0.2, 0.25) is 11.8 Å². The molecule has 1 aliphatic rings. The molecule has 1 unspecified atom stereocenters. The van der Waals surface area contributed by atoms with E-state index in [2.05, 4.69) is 15.2 Å². The van der Waals surface area contributed by atoms with Crippen molar-refractivity contribution in [1.82, 2.24) is 15.2 Å². The number of nitrogens with zero attached hydrogens (tertiary/aromatic N) is 3. The molecule has 7 heteroatoms. The van der Waals surface area contributed by atoms with Gasteiger partial charge < -0.3 is 19.9 Å². The standard InChI is InChI=1S/C21H26N4O3/c1-16(23-20(26)15-17-6-5-7-18(14-17)28-2)21(27)25-12-10-24(11-13-25)19-8-3-4-9-22-19/h3-9,14,16H,10-13,15H2,1-2H3,(H,23,26). The van der Waals surface area contributed by atoms with E-state index in [1.165, 1.54) is 0 Å². The summed E-state index contributed by atoms with van der Waals surface area (Å²) in [6.07, 6.45) is 1.98. The third kappa shape index (κ3) is 5.00. The predicted octanol–water partition coefficient (Wildman–Crippen LogP) is 1.49. The summed E-state index contributed by atoms with van der Waals surface area (Å²) in [7, 11) is 1.59. The second-order valence-corrected chi connectivity index (χ2v) is 6.82. The van der Waals surface area contributed by atoms with Crippen LogP contribution in [0.15, 0.2) is 48.7 Å². The SMILES string of the molecule is COc1cccc(CC(=O)NC(C)C(=O)N2CCN(c3ccccn3)CC2)c1. The molecule has 0 saturated carbocycles. The molecule has 148 valence electrons. The molecule has 28 heavy (non-hydrogen) atoms. The lowest BCUT2D eigenvalue weighted by atomic mass is 10.1. The number of rotatable bonds is 6. The molecule has 0 radical (unpaired) electrons. The maximum Gasteiger partial charge on any atom is 0.244 e. The number of ether oxygens (including phenoxy) is 1. The van der Waals surface area contributed by atoms with Crippen molar-refractivity contribution in [2.75, 3.05) is 38.2 Å². The number of hydrogen-bond donors (Lipinski definition) is 1. The minimum Gasteiger partial charge on any atom is -0.497 e. The average Bonchev–Trinajstić information content (AvgIpc) is 2.74. The minimum absolute atomic E-state index is 0.0559. The molecule has 3 rings (SSSR count). The number of pyridine rings is 1. The Labute approximate surface area is 165 Å². The molecule has 1 fully saturated rings. The van der Waals surface area contributed by atoms with Gasteiger partial charge in [-0.2, -0.15) is 0 Å². The quantitative estimate of drug-likeness (QED) is 0.819. The van der Waals surface area contributed by atoms with Gasteiger partial charge in [0.05, 0.1) is 13.5 Å². The molecular weight excluding hydrogens is 356 g/mol. The van der Waals surface area contributed by atoms with Crippen LogP contribution < -0.4 is 15.0 Å². The summed E-state index contributed by atoms with van der Waals surface area (Å²) < 4.78 is 5.17. The van der Waals surface area contributed by atoms with Crippen molar-refractivity contribution in [3.8, 4) is 5.75 Å².